The summed E-state index contributed by atoms with van der Waals surface area (Å²) in [6, 6.07) is 12.1. The van der Waals surface area contributed by atoms with Crippen molar-refractivity contribution in [3.8, 4) is 5.75 Å². The van der Waals surface area contributed by atoms with E-state index < -0.39 is 0 Å². The minimum atomic E-state index is -0.375. The van der Waals surface area contributed by atoms with Gasteiger partial charge >= 0.3 is 5.97 Å². The van der Waals surface area contributed by atoms with Crippen LogP contribution in [0.5, 0.6) is 5.75 Å². The minimum absolute atomic E-state index is 0.0579. The highest BCUT2D eigenvalue weighted by atomic mass is 16.6. The molecule has 3 rings (SSSR count). The molecular weight excluding hydrogens is 330 g/mol. The van der Waals surface area contributed by atoms with Crippen molar-refractivity contribution in [1.82, 2.24) is 9.88 Å². The van der Waals surface area contributed by atoms with E-state index in [1.54, 1.807) is 0 Å². The first kappa shape index (κ1) is 18.2. The number of rotatable bonds is 7. The second-order valence-electron chi connectivity index (χ2n) is 6.29. The van der Waals surface area contributed by atoms with E-state index in [9.17, 15) is 4.79 Å². The third-order valence-corrected chi connectivity index (χ3v) is 4.62. The number of hydrogen-bond acceptors (Lipinski definition) is 6. The van der Waals surface area contributed by atoms with Crippen molar-refractivity contribution < 1.29 is 14.3 Å². The van der Waals surface area contributed by atoms with Gasteiger partial charge in [-0.15, -0.1) is 0 Å². The molecule has 0 amide bonds. The van der Waals surface area contributed by atoms with E-state index in [1.807, 2.05) is 24.5 Å². The maximum Gasteiger partial charge on any atom is 0.343 e. The number of carbonyl (C=O) groups is 1. The van der Waals surface area contributed by atoms with Gasteiger partial charge in [0.25, 0.3) is 0 Å². The molecule has 2 aromatic rings. The number of ether oxygens (including phenoxy) is 2. The van der Waals surface area contributed by atoms with Gasteiger partial charge in [-0.1, -0.05) is 12.1 Å². The molecule has 1 saturated heterocycles. The Labute approximate surface area is 154 Å². The predicted octanol–water partition coefficient (Wildman–Crippen LogP) is 2.00. The van der Waals surface area contributed by atoms with Crippen molar-refractivity contribution in [3.05, 3.63) is 54.4 Å². The summed E-state index contributed by atoms with van der Waals surface area (Å²) in [7, 11) is 1.35. The average Bonchev–Trinajstić information content (AvgIpc) is 2.72. The van der Waals surface area contributed by atoms with E-state index in [0.29, 0.717) is 5.75 Å². The van der Waals surface area contributed by atoms with Gasteiger partial charge in [-0.25, -0.2) is 4.79 Å². The van der Waals surface area contributed by atoms with E-state index in [1.165, 1.54) is 18.4 Å². The summed E-state index contributed by atoms with van der Waals surface area (Å²) >= 11 is 0. The van der Waals surface area contributed by atoms with Gasteiger partial charge in [0.05, 0.1) is 7.11 Å². The first-order valence-corrected chi connectivity index (χ1v) is 8.90. The van der Waals surface area contributed by atoms with Crippen LogP contribution in [0.1, 0.15) is 5.56 Å². The van der Waals surface area contributed by atoms with E-state index in [-0.39, 0.29) is 12.6 Å². The zero-order valence-corrected chi connectivity index (χ0v) is 15.1. The van der Waals surface area contributed by atoms with Crippen molar-refractivity contribution in [2.75, 3.05) is 51.3 Å². The molecule has 0 saturated carbocycles. The largest absolute Gasteiger partial charge is 0.482 e. The summed E-state index contributed by atoms with van der Waals surface area (Å²) in [6.45, 7) is 5.23. The molecular formula is C20H25N3O3. The lowest BCUT2D eigenvalue weighted by molar-refractivity contribution is -0.142. The topological polar surface area (TPSA) is 54.9 Å². The SMILES string of the molecule is COC(=O)COc1ccc(CCN2CCN(c3ccncc3)CC2)cc1. The monoisotopic (exact) mass is 355 g/mol. The van der Waals surface area contributed by atoms with Gasteiger partial charge in [0.2, 0.25) is 0 Å². The normalized spacial score (nSPS) is 14.9. The summed E-state index contributed by atoms with van der Waals surface area (Å²) in [5.74, 6) is 0.310. The lowest BCUT2D eigenvalue weighted by Gasteiger charge is -2.36. The van der Waals surface area contributed by atoms with Crippen LogP contribution in [0.3, 0.4) is 0 Å². The number of carbonyl (C=O) groups excluding carboxylic acids is 1. The van der Waals surface area contributed by atoms with Crippen molar-refractivity contribution in [2.24, 2.45) is 0 Å². The molecule has 1 aromatic heterocycles. The van der Waals surface area contributed by atoms with E-state index in [4.69, 9.17) is 4.74 Å². The molecule has 1 fully saturated rings. The van der Waals surface area contributed by atoms with Crippen molar-refractivity contribution in [1.29, 1.82) is 0 Å². The van der Waals surface area contributed by atoms with Crippen LogP contribution in [-0.2, 0) is 16.0 Å². The molecule has 0 radical (unpaired) electrons. The van der Waals surface area contributed by atoms with E-state index in [2.05, 4.69) is 43.8 Å². The van der Waals surface area contributed by atoms with Crippen LogP contribution in [-0.4, -0.2) is 62.3 Å². The summed E-state index contributed by atoms with van der Waals surface area (Å²) < 4.78 is 9.93. The molecule has 0 spiro atoms. The number of pyridine rings is 1. The van der Waals surface area contributed by atoms with Crippen molar-refractivity contribution in [3.63, 3.8) is 0 Å². The highest BCUT2D eigenvalue weighted by molar-refractivity contribution is 5.70. The zero-order valence-electron chi connectivity index (χ0n) is 15.1. The molecule has 1 aliphatic heterocycles. The molecule has 0 aliphatic carbocycles. The molecule has 0 bridgehead atoms. The third kappa shape index (κ3) is 5.20. The molecule has 138 valence electrons. The number of anilines is 1. The van der Waals surface area contributed by atoms with Crippen LogP contribution in [0, 0.1) is 0 Å². The summed E-state index contributed by atoms with van der Waals surface area (Å²) in [6.07, 6.45) is 4.70. The van der Waals surface area contributed by atoms with Crippen LogP contribution >= 0.6 is 0 Å². The molecule has 26 heavy (non-hydrogen) atoms. The smallest absolute Gasteiger partial charge is 0.343 e. The van der Waals surface area contributed by atoms with Crippen molar-refractivity contribution >= 4 is 11.7 Å². The molecule has 1 aliphatic rings. The minimum Gasteiger partial charge on any atom is -0.482 e. The first-order valence-electron chi connectivity index (χ1n) is 8.90. The molecule has 0 N–H and O–H groups in total. The number of aromatic nitrogens is 1. The Balaban J connectivity index is 1.40. The third-order valence-electron chi connectivity index (χ3n) is 4.62. The molecule has 1 aromatic carbocycles. The number of methoxy groups -OCH3 is 1. The maximum atomic E-state index is 11.1. The lowest BCUT2D eigenvalue weighted by Crippen LogP contribution is -2.47. The van der Waals surface area contributed by atoms with Gasteiger partial charge in [-0.2, -0.15) is 0 Å². The average molecular weight is 355 g/mol. The summed E-state index contributed by atoms with van der Waals surface area (Å²) in [5.41, 5.74) is 2.52. The number of nitrogens with zero attached hydrogens (tertiary/aromatic N) is 3. The Hall–Kier alpha value is -2.60. The molecule has 0 unspecified atom stereocenters. The number of esters is 1. The van der Waals surface area contributed by atoms with Crippen LogP contribution < -0.4 is 9.64 Å². The van der Waals surface area contributed by atoms with Gasteiger partial charge in [0.1, 0.15) is 5.75 Å². The second-order valence-corrected chi connectivity index (χ2v) is 6.29. The van der Waals surface area contributed by atoms with Gasteiger partial charge in [0, 0.05) is 50.8 Å². The quantitative estimate of drug-likeness (QED) is 0.708. The highest BCUT2D eigenvalue weighted by Gasteiger charge is 2.16. The van der Waals surface area contributed by atoms with E-state index >= 15 is 0 Å². The molecule has 6 heteroatoms. The Morgan fingerprint density at radius 2 is 1.73 bits per heavy atom. The van der Waals surface area contributed by atoms with Crippen molar-refractivity contribution in [2.45, 2.75) is 6.42 Å². The molecule has 6 nitrogen and oxygen atoms in total. The van der Waals surface area contributed by atoms with Crippen LogP contribution in [0.4, 0.5) is 5.69 Å². The highest BCUT2D eigenvalue weighted by Crippen LogP contribution is 2.16. The number of piperazine rings is 1. The Morgan fingerprint density at radius 1 is 1.04 bits per heavy atom. The van der Waals surface area contributed by atoms with Gasteiger partial charge in [-0.05, 0) is 36.2 Å². The first-order chi connectivity index (χ1) is 12.7. The summed E-state index contributed by atoms with van der Waals surface area (Å²) in [5, 5.41) is 0. The van der Waals surface area contributed by atoms with Crippen LogP contribution in [0.15, 0.2) is 48.8 Å². The Morgan fingerprint density at radius 3 is 2.38 bits per heavy atom. The van der Waals surface area contributed by atoms with Gasteiger partial charge in [-0.3, -0.25) is 9.88 Å². The van der Waals surface area contributed by atoms with Gasteiger partial charge < -0.3 is 14.4 Å². The fourth-order valence-electron chi connectivity index (χ4n) is 3.03. The fourth-order valence-corrected chi connectivity index (χ4v) is 3.03. The Bertz CT molecular complexity index is 683. The Kier molecular flexibility index (Phi) is 6.44. The number of hydrogen-bond donors (Lipinski definition) is 0. The van der Waals surface area contributed by atoms with Gasteiger partial charge in [0.15, 0.2) is 6.61 Å². The summed E-state index contributed by atoms with van der Waals surface area (Å²) in [4.78, 5) is 20.1. The molecule has 0 atom stereocenters. The molecule has 2 heterocycles. The van der Waals surface area contributed by atoms with Crippen LogP contribution in [0.25, 0.3) is 0 Å². The maximum absolute atomic E-state index is 11.1. The fraction of sp³-hybridized carbons (Fsp3) is 0.400. The predicted molar refractivity (Wildman–Crippen MR) is 101 cm³/mol. The second kappa shape index (κ2) is 9.20. The van der Waals surface area contributed by atoms with Crippen LogP contribution in [0.2, 0.25) is 0 Å². The zero-order chi connectivity index (χ0) is 18.2. The number of benzene rings is 1. The standard InChI is InChI=1S/C20H25N3O3/c1-25-20(24)16-26-19-4-2-17(3-5-19)8-11-22-12-14-23(15-13-22)18-6-9-21-10-7-18/h2-7,9-10H,8,11-16H2,1H3. The lowest BCUT2D eigenvalue weighted by atomic mass is 10.1. The van der Waals surface area contributed by atoms with E-state index in [0.717, 1.165) is 39.1 Å².